The van der Waals surface area contributed by atoms with Gasteiger partial charge in [0.15, 0.2) is 0 Å². The maximum absolute atomic E-state index is 11.5. The second-order valence-corrected chi connectivity index (χ2v) is 3.39. The predicted octanol–water partition coefficient (Wildman–Crippen LogP) is 0.123. The summed E-state index contributed by atoms with van der Waals surface area (Å²) in [5.41, 5.74) is 5.60. The third-order valence-electron chi connectivity index (χ3n) is 2.07. The fraction of sp³-hybridized carbons (Fsp3) is 0.400. The molecular formula is C10H15N5O2. The number of unbranched alkanes of at least 4 members (excludes halogenated alkanes) is 1. The Labute approximate surface area is 98.8 Å². The van der Waals surface area contributed by atoms with Crippen LogP contribution < -0.4 is 11.1 Å². The third kappa shape index (κ3) is 4.92. The van der Waals surface area contributed by atoms with Crippen LogP contribution in [0.3, 0.4) is 0 Å². The number of hydrogen-bond donors (Lipinski definition) is 3. The molecule has 0 radical (unpaired) electrons. The molecule has 0 aliphatic heterocycles. The number of amides is 1. The monoisotopic (exact) mass is 237 g/mol. The van der Waals surface area contributed by atoms with Crippen molar-refractivity contribution < 1.29 is 10.0 Å². The maximum atomic E-state index is 11.5. The molecule has 0 fully saturated rings. The largest absolute Gasteiger partial charge is 0.409 e. The van der Waals surface area contributed by atoms with E-state index in [1.807, 2.05) is 0 Å². The van der Waals surface area contributed by atoms with Gasteiger partial charge < -0.3 is 16.3 Å². The first-order chi connectivity index (χ1) is 8.24. The fourth-order valence-electron chi connectivity index (χ4n) is 1.19. The highest BCUT2D eigenvalue weighted by Crippen LogP contribution is 1.95. The van der Waals surface area contributed by atoms with E-state index in [0.717, 1.165) is 12.8 Å². The molecule has 0 saturated heterocycles. The van der Waals surface area contributed by atoms with Crippen molar-refractivity contribution in [2.24, 2.45) is 10.9 Å². The molecule has 0 aliphatic carbocycles. The summed E-state index contributed by atoms with van der Waals surface area (Å²) >= 11 is 0. The lowest BCUT2D eigenvalue weighted by molar-refractivity contribution is 0.0947. The quantitative estimate of drug-likeness (QED) is 0.214. The second kappa shape index (κ2) is 7.15. The van der Waals surface area contributed by atoms with Gasteiger partial charge in [0.2, 0.25) is 0 Å². The van der Waals surface area contributed by atoms with Crippen LogP contribution in [-0.4, -0.2) is 33.5 Å². The Morgan fingerprint density at radius 2 is 2.29 bits per heavy atom. The van der Waals surface area contributed by atoms with Crippen LogP contribution in [-0.2, 0) is 0 Å². The molecule has 0 aromatic carbocycles. The summed E-state index contributed by atoms with van der Waals surface area (Å²) in [5, 5.41) is 13.9. The molecule has 4 N–H and O–H groups in total. The molecule has 0 saturated carbocycles. The van der Waals surface area contributed by atoms with Gasteiger partial charge in [0.1, 0.15) is 11.5 Å². The number of amidine groups is 1. The van der Waals surface area contributed by atoms with Gasteiger partial charge in [-0.25, -0.2) is 4.98 Å². The van der Waals surface area contributed by atoms with E-state index in [1.165, 1.54) is 18.6 Å². The number of oxime groups is 1. The van der Waals surface area contributed by atoms with Crippen molar-refractivity contribution in [3.8, 4) is 0 Å². The zero-order valence-corrected chi connectivity index (χ0v) is 9.33. The number of hydrogen-bond acceptors (Lipinski definition) is 5. The first kappa shape index (κ1) is 12.9. The van der Waals surface area contributed by atoms with Crippen LogP contribution in [0.2, 0.25) is 0 Å². The molecule has 1 rings (SSSR count). The Kier molecular flexibility index (Phi) is 5.42. The highest BCUT2D eigenvalue weighted by atomic mass is 16.4. The molecule has 1 amide bonds. The van der Waals surface area contributed by atoms with E-state index in [9.17, 15) is 4.79 Å². The van der Waals surface area contributed by atoms with Crippen molar-refractivity contribution in [3.63, 3.8) is 0 Å². The van der Waals surface area contributed by atoms with Crippen molar-refractivity contribution >= 4 is 11.7 Å². The predicted molar refractivity (Wildman–Crippen MR) is 61.6 cm³/mol. The number of nitrogens with two attached hydrogens (primary N) is 1. The smallest absolute Gasteiger partial charge is 0.271 e. The molecule has 0 bridgehead atoms. The van der Waals surface area contributed by atoms with E-state index in [4.69, 9.17) is 10.9 Å². The lowest BCUT2D eigenvalue weighted by Gasteiger charge is -2.03. The number of carbonyl (C=O) groups is 1. The van der Waals surface area contributed by atoms with E-state index >= 15 is 0 Å². The van der Waals surface area contributed by atoms with Crippen molar-refractivity contribution in [2.75, 3.05) is 6.54 Å². The molecular weight excluding hydrogens is 222 g/mol. The zero-order valence-electron chi connectivity index (χ0n) is 9.33. The molecule has 0 spiro atoms. The van der Waals surface area contributed by atoms with Gasteiger partial charge in [-0.3, -0.25) is 9.78 Å². The molecule has 0 aliphatic rings. The zero-order chi connectivity index (χ0) is 12.5. The minimum Gasteiger partial charge on any atom is -0.409 e. The van der Waals surface area contributed by atoms with E-state index in [0.29, 0.717) is 18.7 Å². The molecule has 7 nitrogen and oxygen atoms in total. The van der Waals surface area contributed by atoms with Gasteiger partial charge in [-0.05, 0) is 12.8 Å². The van der Waals surface area contributed by atoms with Crippen LogP contribution >= 0.6 is 0 Å². The molecule has 1 heterocycles. The number of carbonyl (C=O) groups excluding carboxylic acids is 1. The van der Waals surface area contributed by atoms with E-state index < -0.39 is 0 Å². The summed E-state index contributed by atoms with van der Waals surface area (Å²) in [6, 6.07) is 0. The summed E-state index contributed by atoms with van der Waals surface area (Å²) in [6.07, 6.45) is 6.39. The van der Waals surface area contributed by atoms with Gasteiger partial charge in [0.25, 0.3) is 5.91 Å². The van der Waals surface area contributed by atoms with E-state index in [2.05, 4.69) is 20.4 Å². The van der Waals surface area contributed by atoms with Crippen LogP contribution in [0.4, 0.5) is 0 Å². The molecule has 92 valence electrons. The van der Waals surface area contributed by atoms with Crippen LogP contribution in [0, 0.1) is 0 Å². The number of aromatic nitrogens is 2. The minimum absolute atomic E-state index is 0.199. The van der Waals surface area contributed by atoms with Gasteiger partial charge >= 0.3 is 0 Å². The lowest BCUT2D eigenvalue weighted by atomic mass is 10.2. The van der Waals surface area contributed by atoms with Gasteiger partial charge in [0.05, 0.1) is 6.20 Å². The van der Waals surface area contributed by atoms with Gasteiger partial charge in [0, 0.05) is 25.4 Å². The van der Waals surface area contributed by atoms with Crippen LogP contribution in [0.1, 0.15) is 29.8 Å². The standard InChI is InChI=1S/C10H15N5O2/c11-9(15-17)3-1-2-4-14-10(16)8-7-12-5-6-13-8/h5-7,17H,1-4H2,(H2,11,15)(H,14,16). The topological polar surface area (TPSA) is 113 Å². The Morgan fingerprint density at radius 1 is 1.47 bits per heavy atom. The Morgan fingerprint density at radius 3 is 2.94 bits per heavy atom. The van der Waals surface area contributed by atoms with Gasteiger partial charge in [-0.1, -0.05) is 5.16 Å². The average molecular weight is 237 g/mol. The van der Waals surface area contributed by atoms with Gasteiger partial charge in [-0.15, -0.1) is 0 Å². The summed E-state index contributed by atoms with van der Waals surface area (Å²) in [7, 11) is 0. The second-order valence-electron chi connectivity index (χ2n) is 3.39. The Bertz CT molecular complexity index is 380. The van der Waals surface area contributed by atoms with E-state index in [-0.39, 0.29) is 11.7 Å². The highest BCUT2D eigenvalue weighted by molar-refractivity contribution is 5.91. The minimum atomic E-state index is -0.248. The number of rotatable bonds is 6. The fourth-order valence-corrected chi connectivity index (χ4v) is 1.19. The third-order valence-corrected chi connectivity index (χ3v) is 2.07. The first-order valence-corrected chi connectivity index (χ1v) is 5.24. The number of nitrogens with one attached hydrogen (secondary N) is 1. The molecule has 0 atom stereocenters. The lowest BCUT2D eigenvalue weighted by Crippen LogP contribution is -2.25. The summed E-state index contributed by atoms with van der Waals surface area (Å²) in [4.78, 5) is 19.2. The van der Waals surface area contributed by atoms with Crippen molar-refractivity contribution in [1.29, 1.82) is 0 Å². The van der Waals surface area contributed by atoms with Gasteiger partial charge in [-0.2, -0.15) is 0 Å². The van der Waals surface area contributed by atoms with E-state index in [1.54, 1.807) is 0 Å². The average Bonchev–Trinajstić information content (AvgIpc) is 2.38. The molecule has 1 aromatic heterocycles. The first-order valence-electron chi connectivity index (χ1n) is 5.24. The Balaban J connectivity index is 2.17. The SMILES string of the molecule is NC(CCCCNC(=O)c1cnccn1)=NO. The summed E-state index contributed by atoms with van der Waals surface area (Å²) in [6.45, 7) is 0.522. The van der Waals surface area contributed by atoms with Crippen molar-refractivity contribution in [1.82, 2.24) is 15.3 Å². The normalized spacial score (nSPS) is 11.2. The molecule has 0 unspecified atom stereocenters. The summed E-state index contributed by atoms with van der Waals surface area (Å²) in [5.74, 6) is -0.0489. The molecule has 1 aromatic rings. The van der Waals surface area contributed by atoms with Crippen molar-refractivity contribution in [3.05, 3.63) is 24.3 Å². The number of nitrogens with zero attached hydrogens (tertiary/aromatic N) is 3. The highest BCUT2D eigenvalue weighted by Gasteiger charge is 2.05. The maximum Gasteiger partial charge on any atom is 0.271 e. The molecule has 7 heteroatoms. The van der Waals surface area contributed by atoms with Crippen LogP contribution in [0.5, 0.6) is 0 Å². The summed E-state index contributed by atoms with van der Waals surface area (Å²) < 4.78 is 0. The molecule has 17 heavy (non-hydrogen) atoms. The van der Waals surface area contributed by atoms with Crippen LogP contribution in [0.15, 0.2) is 23.7 Å². The van der Waals surface area contributed by atoms with Crippen molar-refractivity contribution in [2.45, 2.75) is 19.3 Å². The Hall–Kier alpha value is -2.18. The van der Waals surface area contributed by atoms with Crippen LogP contribution in [0.25, 0.3) is 0 Å².